The Labute approximate surface area is 129 Å². The summed E-state index contributed by atoms with van der Waals surface area (Å²) in [5.74, 6) is -0.445. The quantitative estimate of drug-likeness (QED) is 0.853. The molecule has 0 N–H and O–H groups in total. The Balaban J connectivity index is 1.97. The molecular formula is C16H17FN2O2S. The molecule has 116 valence electrons. The monoisotopic (exact) mass is 320 g/mol. The molecule has 0 bridgehead atoms. The van der Waals surface area contributed by atoms with Crippen molar-refractivity contribution in [2.75, 3.05) is 25.0 Å². The van der Waals surface area contributed by atoms with Gasteiger partial charge in [0.1, 0.15) is 5.82 Å². The summed E-state index contributed by atoms with van der Waals surface area (Å²) in [6.45, 7) is 1.32. The van der Waals surface area contributed by atoms with Crippen LogP contribution in [0.15, 0.2) is 53.4 Å². The lowest BCUT2D eigenvalue weighted by Gasteiger charge is -2.20. The highest BCUT2D eigenvalue weighted by atomic mass is 32.2. The van der Waals surface area contributed by atoms with E-state index < -0.39 is 15.8 Å². The van der Waals surface area contributed by atoms with E-state index in [1.54, 1.807) is 0 Å². The second-order valence-corrected chi connectivity index (χ2v) is 7.28. The van der Waals surface area contributed by atoms with Gasteiger partial charge in [-0.25, -0.2) is 12.8 Å². The summed E-state index contributed by atoms with van der Waals surface area (Å²) in [7, 11) is -1.68. The van der Waals surface area contributed by atoms with Crippen LogP contribution in [0.25, 0.3) is 0 Å². The second kappa shape index (κ2) is 5.70. The standard InChI is InChI=1S/C16H17FN2O2S/c1-18-10-11-19(12-13-4-2-3-5-16(13)18)22(20,21)15-8-6-14(17)7-9-15/h2-9H,10-12H2,1H3. The fraction of sp³-hybridized carbons (Fsp3) is 0.250. The molecule has 2 aromatic carbocycles. The van der Waals surface area contributed by atoms with Gasteiger partial charge in [0.25, 0.3) is 0 Å². The molecule has 1 aliphatic rings. The first kappa shape index (κ1) is 15.0. The molecule has 0 unspecified atom stereocenters. The molecule has 22 heavy (non-hydrogen) atoms. The van der Waals surface area contributed by atoms with Crippen LogP contribution in [0.4, 0.5) is 10.1 Å². The SMILES string of the molecule is CN1CCN(S(=O)(=O)c2ccc(F)cc2)Cc2ccccc21. The molecule has 3 rings (SSSR count). The smallest absolute Gasteiger partial charge is 0.243 e. The van der Waals surface area contributed by atoms with E-state index in [0.29, 0.717) is 19.6 Å². The summed E-state index contributed by atoms with van der Waals surface area (Å²) in [4.78, 5) is 2.17. The largest absolute Gasteiger partial charge is 0.373 e. The number of nitrogens with zero attached hydrogens (tertiary/aromatic N) is 2. The van der Waals surface area contributed by atoms with E-state index in [9.17, 15) is 12.8 Å². The summed E-state index contributed by atoms with van der Waals surface area (Å²) in [5.41, 5.74) is 2.01. The van der Waals surface area contributed by atoms with Crippen LogP contribution >= 0.6 is 0 Å². The van der Waals surface area contributed by atoms with Gasteiger partial charge in [-0.15, -0.1) is 0 Å². The van der Waals surface area contributed by atoms with Crippen LogP contribution in [0.5, 0.6) is 0 Å². The van der Waals surface area contributed by atoms with Crippen molar-refractivity contribution < 1.29 is 12.8 Å². The van der Waals surface area contributed by atoms with Crippen molar-refractivity contribution in [3.8, 4) is 0 Å². The number of likely N-dealkylation sites (N-methyl/N-ethyl adjacent to an activating group) is 1. The number of sulfonamides is 1. The maximum Gasteiger partial charge on any atom is 0.243 e. The lowest BCUT2D eigenvalue weighted by atomic mass is 10.1. The third-order valence-electron chi connectivity index (χ3n) is 3.89. The predicted molar refractivity (Wildman–Crippen MR) is 83.7 cm³/mol. The first-order valence-corrected chi connectivity index (χ1v) is 8.47. The first-order chi connectivity index (χ1) is 10.5. The topological polar surface area (TPSA) is 40.6 Å². The summed E-state index contributed by atoms with van der Waals surface area (Å²) in [5, 5.41) is 0. The number of rotatable bonds is 2. The minimum Gasteiger partial charge on any atom is -0.373 e. The van der Waals surface area contributed by atoms with Crippen molar-refractivity contribution in [1.29, 1.82) is 0 Å². The Morgan fingerprint density at radius 2 is 1.68 bits per heavy atom. The molecule has 0 radical (unpaired) electrons. The van der Waals surface area contributed by atoms with Crippen LogP contribution in [0.3, 0.4) is 0 Å². The van der Waals surface area contributed by atoms with Gasteiger partial charge in [-0.3, -0.25) is 0 Å². The average Bonchev–Trinajstić information content (AvgIpc) is 2.68. The lowest BCUT2D eigenvalue weighted by Crippen LogP contribution is -2.34. The van der Waals surface area contributed by atoms with E-state index in [1.807, 2.05) is 31.3 Å². The minimum atomic E-state index is -3.63. The predicted octanol–water partition coefficient (Wildman–Crippen LogP) is 2.47. The highest BCUT2D eigenvalue weighted by Crippen LogP contribution is 2.27. The zero-order chi connectivity index (χ0) is 15.7. The summed E-state index contributed by atoms with van der Waals surface area (Å²) < 4.78 is 40.0. The summed E-state index contributed by atoms with van der Waals surface area (Å²) >= 11 is 0. The Hall–Kier alpha value is -1.92. The van der Waals surface area contributed by atoms with Crippen molar-refractivity contribution in [2.24, 2.45) is 0 Å². The molecular weight excluding hydrogens is 303 g/mol. The van der Waals surface area contributed by atoms with Gasteiger partial charge < -0.3 is 4.90 Å². The Bertz CT molecular complexity index is 775. The molecule has 0 atom stereocenters. The van der Waals surface area contributed by atoms with E-state index in [2.05, 4.69) is 4.90 Å². The molecule has 0 amide bonds. The maximum atomic E-state index is 13.0. The number of anilines is 1. The number of halogens is 1. The molecule has 6 heteroatoms. The van der Waals surface area contributed by atoms with Gasteiger partial charge in [0.2, 0.25) is 10.0 Å². The highest BCUT2D eigenvalue weighted by molar-refractivity contribution is 7.89. The average molecular weight is 320 g/mol. The zero-order valence-electron chi connectivity index (χ0n) is 12.2. The fourth-order valence-electron chi connectivity index (χ4n) is 2.63. The normalized spacial score (nSPS) is 16.2. The first-order valence-electron chi connectivity index (χ1n) is 7.03. The minimum absolute atomic E-state index is 0.121. The van der Waals surface area contributed by atoms with E-state index in [1.165, 1.54) is 28.6 Å². The van der Waals surface area contributed by atoms with E-state index in [0.717, 1.165) is 11.3 Å². The summed E-state index contributed by atoms with van der Waals surface area (Å²) in [6, 6.07) is 12.7. The zero-order valence-corrected chi connectivity index (χ0v) is 13.1. The van der Waals surface area contributed by atoms with Gasteiger partial charge in [0, 0.05) is 32.4 Å². The third-order valence-corrected chi connectivity index (χ3v) is 5.75. The van der Waals surface area contributed by atoms with E-state index in [4.69, 9.17) is 0 Å². The molecule has 0 aliphatic carbocycles. The van der Waals surface area contributed by atoms with E-state index >= 15 is 0 Å². The highest BCUT2D eigenvalue weighted by Gasteiger charge is 2.28. The second-order valence-electron chi connectivity index (χ2n) is 5.34. The Kier molecular flexibility index (Phi) is 3.88. The molecule has 0 saturated carbocycles. The van der Waals surface area contributed by atoms with Gasteiger partial charge in [0.15, 0.2) is 0 Å². The maximum absolute atomic E-state index is 13.0. The number of para-hydroxylation sites is 1. The molecule has 1 aliphatic heterocycles. The molecule has 0 spiro atoms. The van der Waals surface area contributed by atoms with Crippen LogP contribution in [-0.2, 0) is 16.6 Å². The Morgan fingerprint density at radius 1 is 1.00 bits per heavy atom. The number of benzene rings is 2. The summed E-state index contributed by atoms with van der Waals surface area (Å²) in [6.07, 6.45) is 0. The lowest BCUT2D eigenvalue weighted by molar-refractivity contribution is 0.420. The van der Waals surface area contributed by atoms with Crippen LogP contribution in [0, 0.1) is 5.82 Å². The molecule has 4 nitrogen and oxygen atoms in total. The van der Waals surface area contributed by atoms with Crippen LogP contribution in [-0.4, -0.2) is 32.9 Å². The van der Waals surface area contributed by atoms with Crippen molar-refractivity contribution >= 4 is 15.7 Å². The van der Waals surface area contributed by atoms with Gasteiger partial charge in [-0.1, -0.05) is 18.2 Å². The van der Waals surface area contributed by atoms with Crippen molar-refractivity contribution in [2.45, 2.75) is 11.4 Å². The van der Waals surface area contributed by atoms with Gasteiger partial charge >= 0.3 is 0 Å². The number of hydrogen-bond donors (Lipinski definition) is 0. The van der Waals surface area contributed by atoms with Gasteiger partial charge in [-0.2, -0.15) is 4.31 Å². The molecule has 2 aromatic rings. The Morgan fingerprint density at radius 3 is 2.41 bits per heavy atom. The van der Waals surface area contributed by atoms with E-state index in [-0.39, 0.29) is 4.90 Å². The number of fused-ring (bicyclic) bond motifs is 1. The van der Waals surface area contributed by atoms with Crippen molar-refractivity contribution in [3.63, 3.8) is 0 Å². The molecule has 0 saturated heterocycles. The molecule has 1 heterocycles. The van der Waals surface area contributed by atoms with Gasteiger partial charge in [0.05, 0.1) is 4.90 Å². The van der Waals surface area contributed by atoms with Crippen LogP contribution < -0.4 is 4.90 Å². The van der Waals surface area contributed by atoms with Crippen molar-refractivity contribution in [3.05, 3.63) is 59.9 Å². The fourth-order valence-corrected chi connectivity index (χ4v) is 4.04. The van der Waals surface area contributed by atoms with Crippen LogP contribution in [0.1, 0.15) is 5.56 Å². The molecule has 0 aromatic heterocycles. The molecule has 0 fully saturated rings. The van der Waals surface area contributed by atoms with Crippen molar-refractivity contribution in [1.82, 2.24) is 4.31 Å². The van der Waals surface area contributed by atoms with Gasteiger partial charge in [-0.05, 0) is 35.9 Å². The van der Waals surface area contributed by atoms with Crippen LogP contribution in [0.2, 0.25) is 0 Å². The third kappa shape index (κ3) is 2.71. The number of hydrogen-bond acceptors (Lipinski definition) is 3.